The van der Waals surface area contributed by atoms with Gasteiger partial charge in [-0.1, -0.05) is 30.3 Å². The van der Waals surface area contributed by atoms with E-state index in [4.69, 9.17) is 9.47 Å². The molecule has 2 N–H and O–H groups in total. The minimum atomic E-state index is -0.325. The fraction of sp³-hybridized carbons (Fsp3) is 0.458. The van der Waals surface area contributed by atoms with Crippen LogP contribution in [-0.2, 0) is 11.2 Å². The molecule has 4 rings (SSSR count). The molecular formula is C24H29NO5. The zero-order valence-corrected chi connectivity index (χ0v) is 17.3. The lowest BCUT2D eigenvalue weighted by atomic mass is 9.70. The van der Waals surface area contributed by atoms with Gasteiger partial charge in [-0.2, -0.15) is 0 Å². The quantitative estimate of drug-likeness (QED) is 0.653. The van der Waals surface area contributed by atoms with E-state index in [2.05, 4.69) is 12.1 Å². The predicted molar refractivity (Wildman–Crippen MR) is 113 cm³/mol. The molecular weight excluding hydrogens is 382 g/mol. The topological polar surface area (TPSA) is 79.2 Å². The highest BCUT2D eigenvalue weighted by Crippen LogP contribution is 2.51. The van der Waals surface area contributed by atoms with E-state index in [-0.39, 0.29) is 35.8 Å². The van der Waals surface area contributed by atoms with E-state index in [1.807, 2.05) is 23.1 Å². The number of methoxy groups -OCH3 is 1. The van der Waals surface area contributed by atoms with Crippen LogP contribution in [0.15, 0.2) is 48.5 Å². The van der Waals surface area contributed by atoms with E-state index >= 15 is 0 Å². The van der Waals surface area contributed by atoms with Gasteiger partial charge in [0.05, 0.1) is 13.2 Å². The van der Waals surface area contributed by atoms with Gasteiger partial charge in [0, 0.05) is 36.2 Å². The number of benzene rings is 2. The Morgan fingerprint density at radius 2 is 1.97 bits per heavy atom. The molecule has 2 aromatic rings. The second-order valence-corrected chi connectivity index (χ2v) is 8.40. The third-order valence-electron chi connectivity index (χ3n) is 6.49. The van der Waals surface area contributed by atoms with Crippen LogP contribution < -0.4 is 4.74 Å². The van der Waals surface area contributed by atoms with Gasteiger partial charge in [0.2, 0.25) is 0 Å². The lowest BCUT2D eigenvalue weighted by Gasteiger charge is -2.36. The molecule has 6 nitrogen and oxygen atoms in total. The minimum absolute atomic E-state index is 0.00230. The van der Waals surface area contributed by atoms with Gasteiger partial charge >= 0.3 is 0 Å². The Kier molecular flexibility index (Phi) is 5.97. The molecule has 0 unspecified atom stereocenters. The van der Waals surface area contributed by atoms with Crippen LogP contribution in [0.1, 0.15) is 35.2 Å². The van der Waals surface area contributed by atoms with Crippen molar-refractivity contribution in [3.63, 3.8) is 0 Å². The first-order valence-electron chi connectivity index (χ1n) is 10.5. The summed E-state index contributed by atoms with van der Waals surface area (Å²) in [6, 6.07) is 14.9. The number of aliphatic hydroxyl groups excluding tert-OH is 1. The first-order chi connectivity index (χ1) is 14.6. The number of amides is 1. The highest BCUT2D eigenvalue weighted by Gasteiger charge is 2.57. The van der Waals surface area contributed by atoms with Gasteiger partial charge in [0.1, 0.15) is 18.1 Å². The average molecular weight is 411 g/mol. The standard InChI is InChI=1S/C24H29NO5/c1-29-9-10-30-21-12-18(11-20(27)13-21)23(28)25-19-7-8-22(25)24(15-19,16-26)14-17-5-3-2-4-6-17/h2-6,11-13,19,22,26-27H,7-10,14-16H2,1H3/t19-,22+,24-/m1/s1. The number of aliphatic hydroxyl groups is 1. The lowest BCUT2D eigenvalue weighted by Crippen LogP contribution is -2.43. The number of hydrogen-bond donors (Lipinski definition) is 2. The first-order valence-corrected chi connectivity index (χ1v) is 10.5. The van der Waals surface area contributed by atoms with Crippen LogP contribution in [0.4, 0.5) is 0 Å². The summed E-state index contributed by atoms with van der Waals surface area (Å²) in [4.78, 5) is 15.4. The number of hydrogen-bond acceptors (Lipinski definition) is 5. The number of aromatic hydroxyl groups is 1. The summed E-state index contributed by atoms with van der Waals surface area (Å²) in [5, 5.41) is 20.5. The fourth-order valence-corrected chi connectivity index (χ4v) is 5.20. The smallest absolute Gasteiger partial charge is 0.254 e. The summed E-state index contributed by atoms with van der Waals surface area (Å²) in [7, 11) is 1.59. The Hall–Kier alpha value is -2.57. The Bertz CT molecular complexity index is 886. The van der Waals surface area contributed by atoms with Gasteiger partial charge in [0.15, 0.2) is 0 Å². The largest absolute Gasteiger partial charge is 0.508 e. The highest BCUT2D eigenvalue weighted by atomic mass is 16.5. The summed E-state index contributed by atoms with van der Waals surface area (Å²) in [6.07, 6.45) is 3.38. The first kappa shape index (κ1) is 20.7. The maximum atomic E-state index is 13.5. The van der Waals surface area contributed by atoms with E-state index in [9.17, 15) is 15.0 Å². The number of fused-ring (bicyclic) bond motifs is 2. The van der Waals surface area contributed by atoms with Gasteiger partial charge in [-0.3, -0.25) is 4.79 Å². The molecule has 160 valence electrons. The van der Waals surface area contributed by atoms with Crippen molar-refractivity contribution in [2.75, 3.05) is 26.9 Å². The molecule has 0 saturated carbocycles. The number of phenolic OH excluding ortho intramolecular Hbond substituents is 1. The number of phenols is 1. The van der Waals surface area contributed by atoms with Crippen molar-refractivity contribution in [2.24, 2.45) is 5.41 Å². The maximum absolute atomic E-state index is 13.5. The second kappa shape index (κ2) is 8.66. The van der Waals surface area contributed by atoms with Gasteiger partial charge in [0.25, 0.3) is 5.91 Å². The zero-order valence-electron chi connectivity index (χ0n) is 17.3. The Labute approximate surface area is 177 Å². The Morgan fingerprint density at radius 3 is 2.70 bits per heavy atom. The third kappa shape index (κ3) is 3.89. The third-order valence-corrected chi connectivity index (χ3v) is 6.49. The van der Waals surface area contributed by atoms with Crippen molar-refractivity contribution in [2.45, 2.75) is 37.8 Å². The van der Waals surface area contributed by atoms with Crippen LogP contribution in [0.2, 0.25) is 0 Å². The van der Waals surface area contributed by atoms with Crippen molar-refractivity contribution >= 4 is 5.91 Å². The van der Waals surface area contributed by atoms with Gasteiger partial charge < -0.3 is 24.6 Å². The summed E-state index contributed by atoms with van der Waals surface area (Å²) in [6.45, 7) is 0.819. The number of nitrogens with zero attached hydrogens (tertiary/aromatic N) is 1. The molecule has 2 fully saturated rings. The number of carbonyl (C=O) groups is 1. The molecule has 2 bridgehead atoms. The zero-order chi connectivity index (χ0) is 21.1. The molecule has 6 heteroatoms. The van der Waals surface area contributed by atoms with Crippen LogP contribution in [0.25, 0.3) is 0 Å². The molecule has 3 atom stereocenters. The average Bonchev–Trinajstić information content (AvgIpc) is 3.30. The van der Waals surface area contributed by atoms with Gasteiger partial charge in [-0.15, -0.1) is 0 Å². The van der Waals surface area contributed by atoms with Crippen LogP contribution in [0, 0.1) is 5.41 Å². The van der Waals surface area contributed by atoms with E-state index in [0.717, 1.165) is 25.7 Å². The van der Waals surface area contributed by atoms with Crippen LogP contribution >= 0.6 is 0 Å². The molecule has 2 aliphatic rings. The van der Waals surface area contributed by atoms with Gasteiger partial charge in [-0.25, -0.2) is 0 Å². The molecule has 2 heterocycles. The Morgan fingerprint density at radius 1 is 1.17 bits per heavy atom. The van der Waals surface area contributed by atoms with Crippen LogP contribution in [0.5, 0.6) is 11.5 Å². The summed E-state index contributed by atoms with van der Waals surface area (Å²) in [5.41, 5.74) is 1.26. The lowest BCUT2D eigenvalue weighted by molar-refractivity contribution is 0.0570. The highest BCUT2D eigenvalue weighted by molar-refractivity contribution is 5.96. The van der Waals surface area contributed by atoms with Crippen LogP contribution in [-0.4, -0.2) is 60.0 Å². The monoisotopic (exact) mass is 411 g/mol. The summed E-state index contributed by atoms with van der Waals surface area (Å²) < 4.78 is 10.6. The molecule has 2 saturated heterocycles. The molecule has 0 aliphatic carbocycles. The summed E-state index contributed by atoms with van der Waals surface area (Å²) >= 11 is 0. The normalized spacial score (nSPS) is 24.9. The van der Waals surface area contributed by atoms with E-state index < -0.39 is 0 Å². The van der Waals surface area contributed by atoms with E-state index in [1.54, 1.807) is 13.2 Å². The van der Waals surface area contributed by atoms with Crippen molar-refractivity contribution in [3.05, 3.63) is 59.7 Å². The fourth-order valence-electron chi connectivity index (χ4n) is 5.20. The summed E-state index contributed by atoms with van der Waals surface area (Å²) in [5.74, 6) is 0.329. The predicted octanol–water partition coefficient (Wildman–Crippen LogP) is 3.02. The maximum Gasteiger partial charge on any atom is 0.254 e. The number of ether oxygens (including phenoxy) is 2. The molecule has 0 aromatic heterocycles. The van der Waals surface area contributed by atoms with Crippen molar-refractivity contribution in [1.82, 2.24) is 4.90 Å². The molecule has 2 aromatic carbocycles. The number of carbonyl (C=O) groups excluding carboxylic acids is 1. The molecule has 0 spiro atoms. The molecule has 2 aliphatic heterocycles. The van der Waals surface area contributed by atoms with Gasteiger partial charge in [-0.05, 0) is 43.4 Å². The van der Waals surface area contributed by atoms with Crippen molar-refractivity contribution < 1.29 is 24.5 Å². The molecule has 0 radical (unpaired) electrons. The molecule has 1 amide bonds. The number of rotatable bonds is 8. The van der Waals surface area contributed by atoms with E-state index in [1.165, 1.54) is 17.7 Å². The van der Waals surface area contributed by atoms with Crippen molar-refractivity contribution in [3.8, 4) is 11.5 Å². The Balaban J connectivity index is 1.56. The van der Waals surface area contributed by atoms with Crippen molar-refractivity contribution in [1.29, 1.82) is 0 Å². The molecule has 30 heavy (non-hydrogen) atoms. The van der Waals surface area contributed by atoms with E-state index in [0.29, 0.717) is 24.5 Å². The minimum Gasteiger partial charge on any atom is -0.508 e. The second-order valence-electron chi connectivity index (χ2n) is 8.40. The SMILES string of the molecule is COCCOc1cc(O)cc(C(=O)N2[C@@H]3CC[C@H]2[C@](CO)(Cc2ccccc2)C3)c1. The van der Waals surface area contributed by atoms with Crippen LogP contribution in [0.3, 0.4) is 0 Å².